The normalized spacial score (nSPS) is 9.06. The van der Waals surface area contributed by atoms with E-state index in [0.717, 1.165) is 10.0 Å². The number of hydrogen-bond donors (Lipinski definition) is 1. The van der Waals surface area contributed by atoms with Crippen molar-refractivity contribution in [3.8, 4) is 12.1 Å². The molecule has 1 aromatic carbocycles. The van der Waals surface area contributed by atoms with Gasteiger partial charge in [-0.15, -0.1) is 0 Å². The van der Waals surface area contributed by atoms with Gasteiger partial charge in [-0.25, -0.2) is 0 Å². The molecule has 1 aromatic rings. The zero-order valence-corrected chi connectivity index (χ0v) is 12.6. The summed E-state index contributed by atoms with van der Waals surface area (Å²) in [6.45, 7) is 1.88. The molecule has 0 aliphatic rings. The minimum Gasteiger partial charge on any atom is -0.358 e. The van der Waals surface area contributed by atoms with Crippen LogP contribution < -0.4 is 5.32 Å². The van der Waals surface area contributed by atoms with Gasteiger partial charge in [-0.1, -0.05) is 11.6 Å². The molecular formula is C11H6Br2ClN3. The Balaban J connectivity index is 3.18. The Kier molecular flexibility index (Phi) is 5.02. The van der Waals surface area contributed by atoms with Crippen molar-refractivity contribution >= 4 is 49.1 Å². The Morgan fingerprint density at radius 2 is 2.00 bits per heavy atom. The van der Waals surface area contributed by atoms with Crippen LogP contribution >= 0.6 is 43.5 Å². The van der Waals surface area contributed by atoms with Crippen LogP contribution in [0.2, 0.25) is 5.02 Å². The fourth-order valence-corrected chi connectivity index (χ4v) is 2.79. The van der Waals surface area contributed by atoms with Crippen molar-refractivity contribution < 1.29 is 0 Å². The number of hydrogen-bond acceptors (Lipinski definition) is 3. The lowest BCUT2D eigenvalue weighted by Crippen LogP contribution is -1.94. The van der Waals surface area contributed by atoms with Crippen LogP contribution in [0.4, 0.5) is 5.69 Å². The van der Waals surface area contributed by atoms with Crippen molar-refractivity contribution in [2.45, 2.75) is 6.92 Å². The lowest BCUT2D eigenvalue weighted by atomic mass is 10.2. The third-order valence-electron chi connectivity index (χ3n) is 1.94. The number of nitriles is 2. The molecule has 0 radical (unpaired) electrons. The summed E-state index contributed by atoms with van der Waals surface area (Å²) >= 11 is 12.8. The summed E-state index contributed by atoms with van der Waals surface area (Å²) in [5.74, 6) is 0. The molecule has 3 nitrogen and oxygen atoms in total. The highest BCUT2D eigenvalue weighted by Gasteiger charge is 2.11. The molecule has 0 aliphatic carbocycles. The second-order valence-electron chi connectivity index (χ2n) is 3.10. The molecule has 0 saturated carbocycles. The minimum atomic E-state index is -0.0134. The molecule has 0 unspecified atom stereocenters. The van der Waals surface area contributed by atoms with Crippen LogP contribution in [-0.2, 0) is 0 Å². The van der Waals surface area contributed by atoms with E-state index in [1.54, 1.807) is 12.1 Å². The van der Waals surface area contributed by atoms with Gasteiger partial charge in [-0.2, -0.15) is 10.5 Å². The molecule has 0 heterocycles. The first-order valence-electron chi connectivity index (χ1n) is 4.42. The van der Waals surface area contributed by atoms with Crippen LogP contribution in [0.5, 0.6) is 0 Å². The average Bonchev–Trinajstić information content (AvgIpc) is 2.31. The molecule has 1 N–H and O–H groups in total. The van der Waals surface area contributed by atoms with Crippen molar-refractivity contribution in [3.63, 3.8) is 0 Å². The molecular weight excluding hydrogens is 369 g/mol. The SMILES string of the molecule is Cc1cc(Br)c(NC=C(C#N)C#N)c(Br)c1Cl. The molecule has 17 heavy (non-hydrogen) atoms. The Morgan fingerprint density at radius 3 is 2.53 bits per heavy atom. The highest BCUT2D eigenvalue weighted by atomic mass is 79.9. The van der Waals surface area contributed by atoms with Crippen LogP contribution in [0.1, 0.15) is 5.56 Å². The average molecular weight is 375 g/mol. The molecule has 0 amide bonds. The van der Waals surface area contributed by atoms with Crippen LogP contribution in [0.15, 0.2) is 26.8 Å². The zero-order chi connectivity index (χ0) is 13.0. The molecule has 0 spiro atoms. The van der Waals surface area contributed by atoms with Gasteiger partial charge in [0.2, 0.25) is 0 Å². The quantitative estimate of drug-likeness (QED) is 0.611. The Morgan fingerprint density at radius 1 is 1.41 bits per heavy atom. The van der Waals surface area contributed by atoms with E-state index < -0.39 is 0 Å². The van der Waals surface area contributed by atoms with E-state index >= 15 is 0 Å². The van der Waals surface area contributed by atoms with Crippen molar-refractivity contribution in [2.24, 2.45) is 0 Å². The second-order valence-corrected chi connectivity index (χ2v) is 5.13. The summed E-state index contributed by atoms with van der Waals surface area (Å²) in [4.78, 5) is 0. The lowest BCUT2D eigenvalue weighted by molar-refractivity contribution is 1.40. The summed E-state index contributed by atoms with van der Waals surface area (Å²) in [7, 11) is 0. The number of anilines is 1. The summed E-state index contributed by atoms with van der Waals surface area (Å²) in [5, 5.41) is 20.7. The first kappa shape index (κ1) is 14.1. The number of aryl methyl sites for hydroxylation is 1. The van der Waals surface area contributed by atoms with Gasteiger partial charge in [0, 0.05) is 10.7 Å². The zero-order valence-electron chi connectivity index (χ0n) is 8.68. The van der Waals surface area contributed by atoms with Gasteiger partial charge in [0.15, 0.2) is 0 Å². The smallest absolute Gasteiger partial charge is 0.145 e. The molecule has 0 saturated heterocycles. The largest absolute Gasteiger partial charge is 0.358 e. The second kappa shape index (κ2) is 6.07. The minimum absolute atomic E-state index is 0.0134. The van der Waals surface area contributed by atoms with Crippen LogP contribution in [0.25, 0.3) is 0 Å². The Bertz CT molecular complexity index is 552. The van der Waals surface area contributed by atoms with Crippen LogP contribution in [-0.4, -0.2) is 0 Å². The van der Waals surface area contributed by atoms with E-state index in [-0.39, 0.29) is 5.57 Å². The van der Waals surface area contributed by atoms with E-state index in [1.807, 2.05) is 13.0 Å². The predicted octanol–water partition coefficient (Wildman–Crippen LogP) is 4.52. The maximum Gasteiger partial charge on any atom is 0.145 e. The van der Waals surface area contributed by atoms with Crippen LogP contribution in [0.3, 0.4) is 0 Å². The number of nitrogens with one attached hydrogen (secondary N) is 1. The number of allylic oxidation sites excluding steroid dienone is 1. The van der Waals surface area contributed by atoms with E-state index in [0.29, 0.717) is 15.2 Å². The van der Waals surface area contributed by atoms with Crippen molar-refractivity contribution in [3.05, 3.63) is 37.4 Å². The number of nitrogens with zero attached hydrogens (tertiary/aromatic N) is 2. The maximum atomic E-state index is 8.61. The first-order valence-corrected chi connectivity index (χ1v) is 6.38. The first-order chi connectivity index (χ1) is 8.01. The maximum absolute atomic E-state index is 8.61. The van der Waals surface area contributed by atoms with Crippen molar-refractivity contribution in [1.29, 1.82) is 10.5 Å². The van der Waals surface area contributed by atoms with Crippen molar-refractivity contribution in [1.82, 2.24) is 0 Å². The topological polar surface area (TPSA) is 59.6 Å². The fourth-order valence-electron chi connectivity index (χ4n) is 1.08. The van der Waals surface area contributed by atoms with Gasteiger partial charge in [-0.3, -0.25) is 0 Å². The number of rotatable bonds is 2. The summed E-state index contributed by atoms with van der Waals surface area (Å²) < 4.78 is 1.47. The predicted molar refractivity (Wildman–Crippen MR) is 74.5 cm³/mol. The van der Waals surface area contributed by atoms with Gasteiger partial charge in [0.1, 0.15) is 17.7 Å². The van der Waals surface area contributed by atoms with Crippen LogP contribution in [0, 0.1) is 29.6 Å². The third kappa shape index (κ3) is 3.23. The van der Waals surface area contributed by atoms with E-state index in [9.17, 15) is 0 Å². The van der Waals surface area contributed by atoms with Gasteiger partial charge < -0.3 is 5.32 Å². The lowest BCUT2D eigenvalue weighted by Gasteiger charge is -2.10. The molecule has 86 valence electrons. The van der Waals surface area contributed by atoms with E-state index in [4.69, 9.17) is 22.1 Å². The molecule has 0 bridgehead atoms. The van der Waals surface area contributed by atoms with Gasteiger partial charge in [0.05, 0.1) is 15.2 Å². The van der Waals surface area contributed by atoms with Gasteiger partial charge >= 0.3 is 0 Å². The molecule has 1 rings (SSSR count). The number of halogens is 3. The molecule has 0 aromatic heterocycles. The van der Waals surface area contributed by atoms with E-state index in [1.165, 1.54) is 6.20 Å². The molecule has 6 heteroatoms. The summed E-state index contributed by atoms with van der Waals surface area (Å²) in [5.41, 5.74) is 1.57. The van der Waals surface area contributed by atoms with Gasteiger partial charge in [-0.05, 0) is 50.4 Å². The Hall–Kier alpha value is -1.01. The molecule has 0 atom stereocenters. The standard InChI is InChI=1S/C11H6Br2ClN3/c1-6-2-8(12)11(9(13)10(6)14)17-5-7(3-15)4-16/h2,5,17H,1H3. The van der Waals surface area contributed by atoms with E-state index in [2.05, 4.69) is 37.2 Å². The molecule has 0 aliphatic heterocycles. The van der Waals surface area contributed by atoms with Crippen molar-refractivity contribution in [2.75, 3.05) is 5.32 Å². The highest BCUT2D eigenvalue weighted by Crippen LogP contribution is 2.38. The third-order valence-corrected chi connectivity index (χ3v) is 4.08. The summed E-state index contributed by atoms with van der Waals surface area (Å²) in [6.07, 6.45) is 1.33. The fraction of sp³-hybridized carbons (Fsp3) is 0.0909. The monoisotopic (exact) mass is 373 g/mol. The number of benzene rings is 1. The molecule has 0 fully saturated rings. The summed E-state index contributed by atoms with van der Waals surface area (Å²) in [6, 6.07) is 5.37. The Labute approximate surface area is 121 Å². The van der Waals surface area contributed by atoms with Gasteiger partial charge in [0.25, 0.3) is 0 Å². The highest BCUT2D eigenvalue weighted by molar-refractivity contribution is 9.11.